The van der Waals surface area contributed by atoms with E-state index in [9.17, 15) is 0 Å². The first-order chi connectivity index (χ1) is 9.29. The summed E-state index contributed by atoms with van der Waals surface area (Å²) in [6.45, 7) is 10.0. The van der Waals surface area contributed by atoms with Crippen LogP contribution in [0, 0.1) is 5.92 Å². The second-order valence-electron chi connectivity index (χ2n) is 6.57. The highest BCUT2D eigenvalue weighted by molar-refractivity contribution is 4.78. The van der Waals surface area contributed by atoms with Gasteiger partial charge in [-0.15, -0.1) is 0 Å². The van der Waals surface area contributed by atoms with Crippen molar-refractivity contribution in [3.8, 4) is 0 Å². The molecule has 3 heteroatoms. The van der Waals surface area contributed by atoms with Gasteiger partial charge in [-0.05, 0) is 84.2 Å². The van der Waals surface area contributed by atoms with E-state index in [2.05, 4.69) is 29.1 Å². The average molecular weight is 267 g/mol. The van der Waals surface area contributed by atoms with Gasteiger partial charge in [0, 0.05) is 12.6 Å². The van der Waals surface area contributed by atoms with Crippen LogP contribution in [0.3, 0.4) is 0 Å². The van der Waals surface area contributed by atoms with Gasteiger partial charge >= 0.3 is 0 Å². The second-order valence-corrected chi connectivity index (χ2v) is 6.57. The van der Waals surface area contributed by atoms with Crippen molar-refractivity contribution in [1.29, 1.82) is 0 Å². The molecule has 0 spiro atoms. The van der Waals surface area contributed by atoms with E-state index in [1.54, 1.807) is 0 Å². The molecule has 2 saturated heterocycles. The van der Waals surface area contributed by atoms with E-state index in [0.29, 0.717) is 0 Å². The number of nitrogens with zero attached hydrogens (tertiary/aromatic N) is 2. The Morgan fingerprint density at radius 3 is 2.84 bits per heavy atom. The molecule has 0 bridgehead atoms. The number of hydrogen-bond acceptors (Lipinski definition) is 3. The lowest BCUT2D eigenvalue weighted by Crippen LogP contribution is -2.40. The molecule has 0 radical (unpaired) electrons. The highest BCUT2D eigenvalue weighted by atomic mass is 15.2. The molecular weight excluding hydrogens is 234 g/mol. The van der Waals surface area contributed by atoms with Crippen molar-refractivity contribution in [2.24, 2.45) is 5.92 Å². The molecule has 2 fully saturated rings. The van der Waals surface area contributed by atoms with Gasteiger partial charge in [0.25, 0.3) is 0 Å². The van der Waals surface area contributed by atoms with Crippen LogP contribution in [0.15, 0.2) is 0 Å². The van der Waals surface area contributed by atoms with E-state index in [1.807, 2.05) is 0 Å². The minimum atomic E-state index is 0.789. The molecule has 0 aromatic heterocycles. The van der Waals surface area contributed by atoms with E-state index in [0.717, 1.165) is 12.0 Å². The highest BCUT2D eigenvalue weighted by Crippen LogP contribution is 2.18. The van der Waals surface area contributed by atoms with E-state index in [-0.39, 0.29) is 0 Å². The van der Waals surface area contributed by atoms with E-state index in [4.69, 9.17) is 0 Å². The van der Waals surface area contributed by atoms with Crippen LogP contribution in [-0.2, 0) is 0 Å². The van der Waals surface area contributed by atoms with Crippen LogP contribution < -0.4 is 5.32 Å². The van der Waals surface area contributed by atoms with Crippen molar-refractivity contribution >= 4 is 0 Å². The largest absolute Gasteiger partial charge is 0.316 e. The molecular formula is C16H33N3. The lowest BCUT2D eigenvalue weighted by molar-refractivity contribution is 0.175. The zero-order valence-electron chi connectivity index (χ0n) is 13.0. The van der Waals surface area contributed by atoms with Gasteiger partial charge in [0.2, 0.25) is 0 Å². The van der Waals surface area contributed by atoms with Crippen LogP contribution in [0.5, 0.6) is 0 Å². The van der Waals surface area contributed by atoms with Gasteiger partial charge < -0.3 is 10.2 Å². The fraction of sp³-hybridized carbons (Fsp3) is 1.00. The van der Waals surface area contributed by atoms with Gasteiger partial charge in [-0.1, -0.05) is 6.92 Å². The van der Waals surface area contributed by atoms with E-state index in [1.165, 1.54) is 77.8 Å². The molecule has 19 heavy (non-hydrogen) atoms. The second kappa shape index (κ2) is 8.23. The molecule has 0 aromatic carbocycles. The van der Waals surface area contributed by atoms with Gasteiger partial charge in [-0.3, -0.25) is 4.90 Å². The zero-order chi connectivity index (χ0) is 13.5. The van der Waals surface area contributed by atoms with Gasteiger partial charge in [0.15, 0.2) is 0 Å². The van der Waals surface area contributed by atoms with Crippen molar-refractivity contribution in [1.82, 2.24) is 15.1 Å². The Labute approximate surface area is 119 Å². The van der Waals surface area contributed by atoms with E-state index >= 15 is 0 Å². The van der Waals surface area contributed by atoms with Crippen LogP contribution in [0.2, 0.25) is 0 Å². The summed E-state index contributed by atoms with van der Waals surface area (Å²) in [6.07, 6.45) is 8.30. The smallest absolute Gasteiger partial charge is 0.0220 e. The van der Waals surface area contributed by atoms with Gasteiger partial charge in [-0.25, -0.2) is 0 Å². The molecule has 2 rings (SSSR count). The Balaban J connectivity index is 1.70. The number of nitrogens with one attached hydrogen (secondary N) is 1. The van der Waals surface area contributed by atoms with Crippen molar-refractivity contribution in [3.05, 3.63) is 0 Å². The molecule has 2 heterocycles. The topological polar surface area (TPSA) is 18.5 Å². The van der Waals surface area contributed by atoms with Crippen LogP contribution in [-0.4, -0.2) is 62.2 Å². The standard InChI is InChI=1S/C16H33N3/c1-3-16-14-18(2)10-6-12-19(16)11-5-8-15-7-4-9-17-13-15/h15-17H,3-14H2,1-2H3. The monoisotopic (exact) mass is 267 g/mol. The summed E-state index contributed by atoms with van der Waals surface area (Å²) in [6, 6.07) is 0.789. The molecule has 0 amide bonds. The molecule has 0 aromatic rings. The maximum atomic E-state index is 3.54. The van der Waals surface area contributed by atoms with Crippen molar-refractivity contribution in [3.63, 3.8) is 0 Å². The number of rotatable bonds is 5. The number of hydrogen-bond donors (Lipinski definition) is 1. The predicted octanol–water partition coefficient (Wildman–Crippen LogP) is 2.18. The van der Waals surface area contributed by atoms with Crippen LogP contribution in [0.4, 0.5) is 0 Å². The molecule has 1 N–H and O–H groups in total. The average Bonchev–Trinajstić information content (AvgIpc) is 2.61. The Morgan fingerprint density at radius 1 is 1.21 bits per heavy atom. The fourth-order valence-corrected chi connectivity index (χ4v) is 3.73. The minimum Gasteiger partial charge on any atom is -0.316 e. The normalized spacial score (nSPS) is 31.3. The third-order valence-corrected chi connectivity index (χ3v) is 4.95. The molecule has 2 aliphatic rings. The Hall–Kier alpha value is -0.120. The third kappa shape index (κ3) is 5.05. The summed E-state index contributed by atoms with van der Waals surface area (Å²) in [5, 5.41) is 3.54. The molecule has 0 saturated carbocycles. The summed E-state index contributed by atoms with van der Waals surface area (Å²) in [4.78, 5) is 5.28. The highest BCUT2D eigenvalue weighted by Gasteiger charge is 2.22. The van der Waals surface area contributed by atoms with Gasteiger partial charge in [-0.2, -0.15) is 0 Å². The molecule has 2 aliphatic heterocycles. The quantitative estimate of drug-likeness (QED) is 0.824. The lowest BCUT2D eigenvalue weighted by Gasteiger charge is -2.31. The zero-order valence-corrected chi connectivity index (χ0v) is 13.0. The maximum Gasteiger partial charge on any atom is 0.0220 e. The SMILES string of the molecule is CCC1CN(C)CCCN1CCCC1CCCNC1. The fourth-order valence-electron chi connectivity index (χ4n) is 3.73. The molecule has 0 aliphatic carbocycles. The molecule has 2 unspecified atom stereocenters. The minimum absolute atomic E-state index is 0.789. The third-order valence-electron chi connectivity index (χ3n) is 4.95. The van der Waals surface area contributed by atoms with Crippen molar-refractivity contribution < 1.29 is 0 Å². The summed E-state index contributed by atoms with van der Waals surface area (Å²) in [5.74, 6) is 0.948. The van der Waals surface area contributed by atoms with Gasteiger partial charge in [0.1, 0.15) is 0 Å². The first-order valence-electron chi connectivity index (χ1n) is 8.43. The van der Waals surface area contributed by atoms with Crippen molar-refractivity contribution in [2.75, 3.05) is 46.3 Å². The first kappa shape index (κ1) is 15.3. The number of likely N-dealkylation sites (N-methyl/N-ethyl adjacent to an activating group) is 1. The first-order valence-corrected chi connectivity index (χ1v) is 8.43. The van der Waals surface area contributed by atoms with Crippen LogP contribution in [0.1, 0.15) is 45.4 Å². The maximum absolute atomic E-state index is 3.54. The van der Waals surface area contributed by atoms with E-state index < -0.39 is 0 Å². The predicted molar refractivity (Wildman–Crippen MR) is 82.6 cm³/mol. The Kier molecular flexibility index (Phi) is 6.62. The summed E-state index contributed by atoms with van der Waals surface area (Å²) in [5.41, 5.74) is 0. The molecule has 112 valence electrons. The lowest BCUT2D eigenvalue weighted by atomic mass is 9.94. The van der Waals surface area contributed by atoms with Gasteiger partial charge in [0.05, 0.1) is 0 Å². The Bertz CT molecular complexity index is 238. The van der Waals surface area contributed by atoms with Crippen LogP contribution >= 0.6 is 0 Å². The Morgan fingerprint density at radius 2 is 2.11 bits per heavy atom. The number of piperidine rings is 1. The summed E-state index contributed by atoms with van der Waals surface area (Å²) < 4.78 is 0. The molecule has 2 atom stereocenters. The van der Waals surface area contributed by atoms with Crippen molar-refractivity contribution in [2.45, 2.75) is 51.5 Å². The summed E-state index contributed by atoms with van der Waals surface area (Å²) in [7, 11) is 2.28. The summed E-state index contributed by atoms with van der Waals surface area (Å²) >= 11 is 0. The van der Waals surface area contributed by atoms with Crippen LogP contribution in [0.25, 0.3) is 0 Å². The molecule has 3 nitrogen and oxygen atoms in total.